The molecule has 0 aromatic heterocycles. The molecule has 1 unspecified atom stereocenters. The number of hydrogen-bond acceptors (Lipinski definition) is 6. The van der Waals surface area contributed by atoms with Gasteiger partial charge in [0.25, 0.3) is 0 Å². The van der Waals surface area contributed by atoms with Gasteiger partial charge in [0.1, 0.15) is 0 Å². The molecule has 4 aliphatic rings. The Kier molecular flexibility index (Phi) is 3.81. The van der Waals surface area contributed by atoms with Gasteiger partial charge in [-0.1, -0.05) is 4.94 Å². The van der Waals surface area contributed by atoms with E-state index in [4.69, 9.17) is 4.84 Å². The van der Waals surface area contributed by atoms with Crippen LogP contribution < -0.4 is 16.6 Å². The maximum Gasteiger partial charge on any atom is 0.0875 e. The van der Waals surface area contributed by atoms with Crippen LogP contribution in [-0.4, -0.2) is 13.2 Å². The third-order valence-corrected chi connectivity index (χ3v) is 4.64. The van der Waals surface area contributed by atoms with Gasteiger partial charge in [-0.05, 0) is 67.0 Å². The highest BCUT2D eigenvalue weighted by Crippen LogP contribution is 2.54. The molecular formula is C11H21N3O4. The molecule has 104 valence electrons. The SMILES string of the molecule is CON[NH+]([O-])ONOC1C2CC3CC(C2)CC1C3. The van der Waals surface area contributed by atoms with Gasteiger partial charge in [0.2, 0.25) is 0 Å². The molecule has 0 aromatic carbocycles. The molecule has 1 atom stereocenters. The summed E-state index contributed by atoms with van der Waals surface area (Å²) < 4.78 is 0. The normalized spacial score (nSPS) is 43.3. The summed E-state index contributed by atoms with van der Waals surface area (Å²) in [6.45, 7) is 0. The molecule has 4 fully saturated rings. The van der Waals surface area contributed by atoms with Gasteiger partial charge in [-0.2, -0.15) is 0 Å². The van der Waals surface area contributed by atoms with Crippen molar-refractivity contribution in [2.75, 3.05) is 7.11 Å². The van der Waals surface area contributed by atoms with Crippen molar-refractivity contribution in [1.82, 2.24) is 11.2 Å². The molecule has 0 aromatic rings. The molecule has 0 saturated heterocycles. The predicted molar refractivity (Wildman–Crippen MR) is 60.6 cm³/mol. The molecule has 4 aliphatic carbocycles. The first kappa shape index (κ1) is 12.7. The van der Waals surface area contributed by atoms with Crippen molar-refractivity contribution < 1.29 is 19.9 Å². The fraction of sp³-hybridized carbons (Fsp3) is 1.00. The number of nitrogens with one attached hydrogen (secondary N) is 3. The molecule has 0 amide bonds. The lowest BCUT2D eigenvalue weighted by molar-refractivity contribution is -1.12. The van der Waals surface area contributed by atoms with E-state index >= 15 is 0 Å². The molecule has 0 heterocycles. The van der Waals surface area contributed by atoms with E-state index in [0.717, 1.165) is 11.8 Å². The second kappa shape index (κ2) is 5.38. The van der Waals surface area contributed by atoms with Crippen LogP contribution in [0.1, 0.15) is 32.1 Å². The molecule has 7 heteroatoms. The van der Waals surface area contributed by atoms with Crippen LogP contribution in [0.2, 0.25) is 0 Å². The van der Waals surface area contributed by atoms with Crippen LogP contribution in [0.3, 0.4) is 0 Å². The van der Waals surface area contributed by atoms with E-state index in [-0.39, 0.29) is 6.10 Å². The maximum absolute atomic E-state index is 11.0. The zero-order chi connectivity index (χ0) is 12.5. The fourth-order valence-corrected chi connectivity index (χ4v) is 4.29. The van der Waals surface area contributed by atoms with Crippen molar-refractivity contribution in [3.8, 4) is 0 Å². The molecule has 7 nitrogen and oxygen atoms in total. The van der Waals surface area contributed by atoms with E-state index in [2.05, 4.69) is 15.4 Å². The Morgan fingerprint density at radius 3 is 2.22 bits per heavy atom. The van der Waals surface area contributed by atoms with E-state index in [1.54, 1.807) is 0 Å². The second-order valence-corrected chi connectivity index (χ2v) is 5.79. The first-order chi connectivity index (χ1) is 8.76. The topological polar surface area (TPSA) is 79.2 Å². The van der Waals surface area contributed by atoms with E-state index in [0.29, 0.717) is 11.8 Å². The standard InChI is InChI=1S/C11H21N3O4/c1-16-12-14(15)18-13-17-11-9-3-7-2-8(5-9)6-10(11)4-7/h7-14H,2-6H2,1H3. The van der Waals surface area contributed by atoms with Crippen LogP contribution in [0.25, 0.3) is 0 Å². The van der Waals surface area contributed by atoms with E-state index in [9.17, 15) is 5.21 Å². The highest BCUT2D eigenvalue weighted by Gasteiger charge is 2.49. The Morgan fingerprint density at radius 1 is 1.06 bits per heavy atom. The molecule has 0 spiro atoms. The highest BCUT2D eigenvalue weighted by atomic mass is 17.1. The molecule has 3 N–H and O–H groups in total. The molecular weight excluding hydrogens is 238 g/mol. The minimum atomic E-state index is -0.707. The van der Waals surface area contributed by atoms with Gasteiger partial charge in [0, 0.05) is 0 Å². The minimum absolute atomic E-state index is 0.188. The van der Waals surface area contributed by atoms with Crippen molar-refractivity contribution >= 4 is 0 Å². The molecule has 0 aliphatic heterocycles. The van der Waals surface area contributed by atoms with Crippen LogP contribution in [-0.2, 0) is 14.6 Å². The number of hydrogen-bond donors (Lipinski definition) is 3. The number of rotatable bonds is 6. The van der Waals surface area contributed by atoms with Crippen molar-refractivity contribution in [3.63, 3.8) is 0 Å². The largest absolute Gasteiger partial charge is 0.576 e. The average Bonchev–Trinajstić information content (AvgIpc) is 2.32. The van der Waals surface area contributed by atoms with Gasteiger partial charge in [0.05, 0.1) is 13.2 Å². The summed E-state index contributed by atoms with van der Waals surface area (Å²) in [6.07, 6.45) is 6.67. The summed E-state index contributed by atoms with van der Waals surface area (Å²) in [5.74, 6) is 3.07. The molecule has 4 bridgehead atoms. The van der Waals surface area contributed by atoms with Crippen molar-refractivity contribution in [2.24, 2.45) is 23.7 Å². The van der Waals surface area contributed by atoms with Gasteiger partial charge in [-0.25, -0.2) is 0 Å². The molecule has 4 saturated carbocycles. The fourth-order valence-electron chi connectivity index (χ4n) is 4.29. The molecule has 4 rings (SSSR count). The van der Waals surface area contributed by atoms with Gasteiger partial charge in [-0.15, -0.1) is 5.34 Å². The van der Waals surface area contributed by atoms with Crippen molar-refractivity contribution in [2.45, 2.75) is 38.2 Å². The van der Waals surface area contributed by atoms with E-state index < -0.39 is 5.34 Å². The van der Waals surface area contributed by atoms with E-state index in [1.807, 2.05) is 5.59 Å². The lowest BCUT2D eigenvalue weighted by Crippen LogP contribution is -3.14. The second-order valence-electron chi connectivity index (χ2n) is 5.79. The summed E-state index contributed by atoms with van der Waals surface area (Å²) in [6, 6.07) is 0. The Balaban J connectivity index is 1.46. The van der Waals surface area contributed by atoms with Crippen LogP contribution in [0, 0.1) is 28.9 Å². The molecule has 0 radical (unpaired) electrons. The smallest absolute Gasteiger partial charge is 0.0875 e. The van der Waals surface area contributed by atoms with Gasteiger partial charge < -0.3 is 5.21 Å². The first-order valence-corrected chi connectivity index (χ1v) is 6.66. The minimum Gasteiger partial charge on any atom is -0.576 e. The predicted octanol–water partition coefficient (Wildman–Crippen LogP) is -0.372. The van der Waals surface area contributed by atoms with Crippen LogP contribution in [0.15, 0.2) is 0 Å². The van der Waals surface area contributed by atoms with Gasteiger partial charge in [0.15, 0.2) is 0 Å². The first-order valence-electron chi connectivity index (χ1n) is 6.66. The summed E-state index contributed by atoms with van der Waals surface area (Å²) >= 11 is 0. The van der Waals surface area contributed by atoms with Crippen LogP contribution in [0.4, 0.5) is 0 Å². The summed E-state index contributed by atoms with van der Waals surface area (Å²) in [7, 11) is 1.35. The Bertz CT molecular complexity index is 263. The lowest BCUT2D eigenvalue weighted by Gasteiger charge is -2.53. The Hall–Kier alpha value is -0.280. The highest BCUT2D eigenvalue weighted by molar-refractivity contribution is 4.98. The zero-order valence-corrected chi connectivity index (χ0v) is 10.6. The van der Waals surface area contributed by atoms with Crippen molar-refractivity contribution in [1.29, 1.82) is 0 Å². The van der Waals surface area contributed by atoms with Crippen molar-refractivity contribution in [3.05, 3.63) is 5.21 Å². The van der Waals surface area contributed by atoms with Gasteiger partial charge in [-0.3, -0.25) is 9.68 Å². The third-order valence-electron chi connectivity index (χ3n) is 4.64. The monoisotopic (exact) mass is 259 g/mol. The Morgan fingerprint density at radius 2 is 1.67 bits per heavy atom. The number of quaternary nitrogens is 1. The third kappa shape index (κ3) is 2.53. The quantitative estimate of drug-likeness (QED) is 0.565. The summed E-state index contributed by atoms with van der Waals surface area (Å²) in [5.41, 5.74) is 4.35. The maximum atomic E-state index is 11.0. The summed E-state index contributed by atoms with van der Waals surface area (Å²) in [5, 5.41) is 10.3. The van der Waals surface area contributed by atoms with Gasteiger partial charge >= 0.3 is 0 Å². The van der Waals surface area contributed by atoms with Crippen LogP contribution in [0.5, 0.6) is 0 Å². The average molecular weight is 259 g/mol. The lowest BCUT2D eigenvalue weighted by atomic mass is 9.55. The van der Waals surface area contributed by atoms with E-state index in [1.165, 1.54) is 39.2 Å². The Labute approximate surface area is 106 Å². The van der Waals surface area contributed by atoms with Crippen LogP contribution >= 0.6 is 0 Å². The summed E-state index contributed by atoms with van der Waals surface area (Å²) in [4.78, 5) is 14.6. The zero-order valence-electron chi connectivity index (χ0n) is 10.6. The molecule has 18 heavy (non-hydrogen) atoms.